The highest BCUT2D eigenvalue weighted by Gasteiger charge is 2.39. The molecule has 2 atom stereocenters. The van der Waals surface area contributed by atoms with Gasteiger partial charge in [0.2, 0.25) is 0 Å². The van der Waals surface area contributed by atoms with E-state index in [2.05, 4.69) is 5.32 Å². The maximum atomic E-state index is 12.1. The van der Waals surface area contributed by atoms with Crippen LogP contribution in [0.5, 0.6) is 0 Å². The van der Waals surface area contributed by atoms with E-state index in [0.29, 0.717) is 17.3 Å². The summed E-state index contributed by atoms with van der Waals surface area (Å²) in [6.45, 7) is 2.17. The zero-order valence-corrected chi connectivity index (χ0v) is 12.4. The standard InChI is InChI=1S/C13H15ClN2O3S/c1-8-16(11(7-20-8)12(17)18)13(19)15-6-9-2-4-10(14)5-3-9/h2-5,8,11H,6-7H2,1H3,(H,15,19)(H,17,18). The molecule has 1 aromatic rings. The summed E-state index contributed by atoms with van der Waals surface area (Å²) in [5, 5.41) is 12.4. The van der Waals surface area contributed by atoms with Gasteiger partial charge in [0.25, 0.3) is 0 Å². The van der Waals surface area contributed by atoms with Crippen LogP contribution in [0, 0.1) is 0 Å². The minimum atomic E-state index is -0.969. The van der Waals surface area contributed by atoms with Gasteiger partial charge in [-0.3, -0.25) is 4.90 Å². The lowest BCUT2D eigenvalue weighted by molar-refractivity contribution is -0.141. The Morgan fingerprint density at radius 2 is 2.10 bits per heavy atom. The van der Waals surface area contributed by atoms with Crippen LogP contribution < -0.4 is 5.32 Å². The average Bonchev–Trinajstić information content (AvgIpc) is 2.80. The SMILES string of the molecule is CC1SCC(C(=O)O)N1C(=O)NCc1ccc(Cl)cc1. The first-order chi connectivity index (χ1) is 9.49. The molecule has 2 amide bonds. The fraction of sp³-hybridized carbons (Fsp3) is 0.385. The summed E-state index contributed by atoms with van der Waals surface area (Å²) in [5.41, 5.74) is 0.911. The molecule has 20 heavy (non-hydrogen) atoms. The molecule has 0 bridgehead atoms. The van der Waals surface area contributed by atoms with Crippen LogP contribution in [0.4, 0.5) is 4.79 Å². The summed E-state index contributed by atoms with van der Waals surface area (Å²) in [7, 11) is 0. The molecule has 108 valence electrons. The number of hydrogen-bond acceptors (Lipinski definition) is 3. The highest BCUT2D eigenvalue weighted by Crippen LogP contribution is 2.28. The molecule has 2 rings (SSSR count). The Bertz CT molecular complexity index is 509. The maximum Gasteiger partial charge on any atom is 0.327 e. The fourth-order valence-electron chi connectivity index (χ4n) is 2.01. The van der Waals surface area contributed by atoms with Gasteiger partial charge in [-0.2, -0.15) is 0 Å². The van der Waals surface area contributed by atoms with Gasteiger partial charge in [0, 0.05) is 17.3 Å². The molecule has 2 N–H and O–H groups in total. The minimum Gasteiger partial charge on any atom is -0.480 e. The lowest BCUT2D eigenvalue weighted by Crippen LogP contribution is -2.49. The minimum absolute atomic E-state index is 0.138. The Morgan fingerprint density at radius 1 is 1.45 bits per heavy atom. The van der Waals surface area contributed by atoms with Crippen LogP contribution >= 0.6 is 23.4 Å². The Morgan fingerprint density at radius 3 is 2.70 bits per heavy atom. The summed E-state index contributed by atoms with van der Waals surface area (Å²) in [4.78, 5) is 24.6. The molecule has 1 aliphatic heterocycles. The number of amides is 2. The van der Waals surface area contributed by atoms with Gasteiger partial charge in [0.15, 0.2) is 0 Å². The third-order valence-corrected chi connectivity index (χ3v) is 4.57. The van der Waals surface area contributed by atoms with Crippen LogP contribution in [0.3, 0.4) is 0 Å². The molecule has 0 aromatic heterocycles. The first kappa shape index (κ1) is 15.0. The maximum absolute atomic E-state index is 12.1. The van der Waals surface area contributed by atoms with E-state index in [0.717, 1.165) is 5.56 Å². The second kappa shape index (κ2) is 6.37. The zero-order valence-electron chi connectivity index (χ0n) is 10.9. The Kier molecular flexibility index (Phi) is 4.77. The quantitative estimate of drug-likeness (QED) is 0.899. The second-order valence-corrected chi connectivity index (χ2v) is 6.26. The molecule has 0 aliphatic carbocycles. The number of carbonyl (C=O) groups excluding carboxylic acids is 1. The molecule has 1 aliphatic rings. The average molecular weight is 315 g/mol. The third-order valence-electron chi connectivity index (χ3n) is 3.10. The van der Waals surface area contributed by atoms with E-state index >= 15 is 0 Å². The third kappa shape index (κ3) is 3.37. The van der Waals surface area contributed by atoms with Gasteiger partial charge in [0.05, 0.1) is 5.37 Å². The number of hydrogen-bond donors (Lipinski definition) is 2. The van der Waals surface area contributed by atoms with Crippen molar-refractivity contribution in [2.75, 3.05) is 5.75 Å². The molecule has 0 saturated carbocycles. The van der Waals surface area contributed by atoms with E-state index in [1.165, 1.54) is 16.7 Å². The Balaban J connectivity index is 1.97. The van der Waals surface area contributed by atoms with E-state index in [1.54, 1.807) is 12.1 Å². The van der Waals surface area contributed by atoms with Gasteiger partial charge in [-0.15, -0.1) is 11.8 Å². The van der Waals surface area contributed by atoms with Crippen molar-refractivity contribution in [1.29, 1.82) is 0 Å². The number of benzene rings is 1. The topological polar surface area (TPSA) is 69.6 Å². The van der Waals surface area contributed by atoms with Gasteiger partial charge >= 0.3 is 12.0 Å². The monoisotopic (exact) mass is 314 g/mol. The molecule has 1 fully saturated rings. The molecular weight excluding hydrogens is 300 g/mol. The number of rotatable bonds is 3. The van der Waals surface area contributed by atoms with E-state index in [9.17, 15) is 9.59 Å². The number of urea groups is 1. The number of nitrogens with one attached hydrogen (secondary N) is 1. The van der Waals surface area contributed by atoms with Crippen molar-refractivity contribution in [2.24, 2.45) is 0 Å². The lowest BCUT2D eigenvalue weighted by Gasteiger charge is -2.25. The van der Waals surface area contributed by atoms with Crippen molar-refractivity contribution < 1.29 is 14.7 Å². The zero-order chi connectivity index (χ0) is 14.7. The van der Waals surface area contributed by atoms with Gasteiger partial charge in [0.1, 0.15) is 6.04 Å². The molecule has 2 unspecified atom stereocenters. The van der Waals surface area contributed by atoms with Crippen LogP contribution in [-0.4, -0.2) is 39.2 Å². The Hall–Kier alpha value is -1.40. The van der Waals surface area contributed by atoms with Crippen LogP contribution in [0.25, 0.3) is 0 Å². The van der Waals surface area contributed by atoms with E-state index in [-0.39, 0.29) is 11.4 Å². The van der Waals surface area contributed by atoms with Crippen molar-refractivity contribution in [3.05, 3.63) is 34.9 Å². The second-order valence-electron chi connectivity index (χ2n) is 4.48. The molecule has 7 heteroatoms. The normalized spacial score (nSPS) is 21.8. The van der Waals surface area contributed by atoms with Gasteiger partial charge in [-0.25, -0.2) is 9.59 Å². The number of aliphatic carboxylic acids is 1. The van der Waals surface area contributed by atoms with Crippen molar-refractivity contribution in [2.45, 2.75) is 24.9 Å². The molecule has 0 radical (unpaired) electrons. The Labute approximate surface area is 126 Å². The fourth-order valence-corrected chi connectivity index (χ4v) is 3.31. The predicted molar refractivity (Wildman–Crippen MR) is 78.9 cm³/mol. The van der Waals surface area contributed by atoms with Crippen molar-refractivity contribution >= 4 is 35.4 Å². The number of carboxylic acids is 1. The van der Waals surface area contributed by atoms with Crippen LogP contribution in [0.1, 0.15) is 12.5 Å². The molecule has 5 nitrogen and oxygen atoms in total. The summed E-state index contributed by atoms with van der Waals surface area (Å²) >= 11 is 7.25. The highest BCUT2D eigenvalue weighted by molar-refractivity contribution is 8.00. The number of halogens is 1. The summed E-state index contributed by atoms with van der Waals surface area (Å²) in [6, 6.07) is 6.01. The first-order valence-corrected chi connectivity index (χ1v) is 7.56. The number of carboxylic acid groups (broad SMARTS) is 1. The van der Waals surface area contributed by atoms with E-state index in [1.807, 2.05) is 19.1 Å². The molecular formula is C13H15ClN2O3S. The molecule has 1 aromatic carbocycles. The number of carbonyl (C=O) groups is 2. The number of nitrogens with zero attached hydrogens (tertiary/aromatic N) is 1. The van der Waals surface area contributed by atoms with Gasteiger partial charge in [-0.1, -0.05) is 23.7 Å². The first-order valence-electron chi connectivity index (χ1n) is 6.14. The highest BCUT2D eigenvalue weighted by atomic mass is 35.5. The largest absolute Gasteiger partial charge is 0.480 e. The number of thioether (sulfide) groups is 1. The molecule has 0 spiro atoms. The summed E-state index contributed by atoms with van der Waals surface area (Å²) in [5.74, 6) is -0.547. The van der Waals surface area contributed by atoms with Gasteiger partial charge < -0.3 is 10.4 Å². The smallest absolute Gasteiger partial charge is 0.327 e. The lowest BCUT2D eigenvalue weighted by atomic mass is 10.2. The van der Waals surface area contributed by atoms with Crippen LogP contribution in [-0.2, 0) is 11.3 Å². The summed E-state index contributed by atoms with van der Waals surface area (Å²) < 4.78 is 0. The molecule has 1 heterocycles. The molecule has 1 saturated heterocycles. The predicted octanol–water partition coefficient (Wildman–Crippen LogP) is 2.40. The van der Waals surface area contributed by atoms with E-state index in [4.69, 9.17) is 16.7 Å². The van der Waals surface area contributed by atoms with E-state index < -0.39 is 12.0 Å². The van der Waals surface area contributed by atoms with Gasteiger partial charge in [-0.05, 0) is 24.6 Å². The van der Waals surface area contributed by atoms with Crippen molar-refractivity contribution in [3.8, 4) is 0 Å². The summed E-state index contributed by atoms with van der Waals surface area (Å²) in [6.07, 6.45) is 0. The van der Waals surface area contributed by atoms with Crippen molar-refractivity contribution in [1.82, 2.24) is 10.2 Å². The van der Waals surface area contributed by atoms with Crippen molar-refractivity contribution in [3.63, 3.8) is 0 Å². The van der Waals surface area contributed by atoms with Crippen LogP contribution in [0.15, 0.2) is 24.3 Å². The van der Waals surface area contributed by atoms with Crippen LogP contribution in [0.2, 0.25) is 5.02 Å².